The monoisotopic (exact) mass is 536 g/mol. The second-order valence-corrected chi connectivity index (χ2v) is 10.3. The fraction of sp³-hybridized carbons (Fsp3) is 0.259. The van der Waals surface area contributed by atoms with Crippen molar-refractivity contribution in [3.63, 3.8) is 0 Å². The molecule has 4 rings (SSSR count). The summed E-state index contributed by atoms with van der Waals surface area (Å²) in [5.41, 5.74) is 2.95. The number of rotatable bonds is 9. The molecule has 0 spiro atoms. The summed E-state index contributed by atoms with van der Waals surface area (Å²) < 4.78 is 17.2. The van der Waals surface area contributed by atoms with Crippen LogP contribution in [0.2, 0.25) is 0 Å². The van der Waals surface area contributed by atoms with Crippen LogP contribution in [0.1, 0.15) is 22.8 Å². The van der Waals surface area contributed by atoms with Crippen LogP contribution in [-0.2, 0) is 31.7 Å². The van der Waals surface area contributed by atoms with Gasteiger partial charge in [0, 0.05) is 41.0 Å². The Morgan fingerprint density at radius 3 is 2.53 bits per heavy atom. The van der Waals surface area contributed by atoms with Gasteiger partial charge in [0.25, 0.3) is 17.7 Å². The first-order chi connectivity index (χ1) is 18.2. The lowest BCUT2D eigenvalue weighted by Crippen LogP contribution is -2.45. The molecule has 1 saturated heterocycles. The van der Waals surface area contributed by atoms with E-state index in [1.807, 2.05) is 19.1 Å². The molecule has 11 heteroatoms. The predicted octanol–water partition coefficient (Wildman–Crippen LogP) is 2.01. The zero-order valence-electron chi connectivity index (χ0n) is 21.0. The molecule has 0 saturated carbocycles. The number of carbonyl (C=O) groups is 4. The number of amides is 4. The Morgan fingerprint density at radius 1 is 1.13 bits per heavy atom. The molecule has 0 bridgehead atoms. The van der Waals surface area contributed by atoms with Crippen molar-refractivity contribution in [2.24, 2.45) is 0 Å². The highest BCUT2D eigenvalue weighted by Gasteiger charge is 2.34. The summed E-state index contributed by atoms with van der Waals surface area (Å²) in [4.78, 5) is 52.5. The van der Waals surface area contributed by atoms with Crippen molar-refractivity contribution in [2.75, 3.05) is 36.5 Å². The summed E-state index contributed by atoms with van der Waals surface area (Å²) in [5, 5.41) is 5.06. The Kier molecular flexibility index (Phi) is 8.06. The Hall–Kier alpha value is -4.25. The van der Waals surface area contributed by atoms with Gasteiger partial charge in [-0.3, -0.25) is 28.3 Å². The molecule has 2 N–H and O–H groups in total. The summed E-state index contributed by atoms with van der Waals surface area (Å²) in [6, 6.07) is 10.6. The average Bonchev–Trinajstić information content (AvgIpc) is 3.25. The van der Waals surface area contributed by atoms with Crippen molar-refractivity contribution in [3.05, 3.63) is 72.1 Å². The number of anilines is 1. The molecule has 0 radical (unpaired) electrons. The van der Waals surface area contributed by atoms with Gasteiger partial charge in [-0.1, -0.05) is 31.4 Å². The molecule has 2 aliphatic rings. The third-order valence-electron chi connectivity index (χ3n) is 6.35. The molecule has 1 fully saturated rings. The molecule has 198 valence electrons. The molecule has 2 heterocycles. The lowest BCUT2D eigenvalue weighted by Gasteiger charge is -2.27. The van der Waals surface area contributed by atoms with E-state index < -0.39 is 22.6 Å². The Morgan fingerprint density at radius 2 is 1.84 bits per heavy atom. The van der Waals surface area contributed by atoms with Crippen molar-refractivity contribution in [2.45, 2.75) is 13.5 Å². The number of nitrogens with one attached hydrogen (secondary N) is 2. The summed E-state index contributed by atoms with van der Waals surface area (Å²) in [5.74, 6) is -0.312. The molecule has 2 aliphatic heterocycles. The molecule has 0 unspecified atom stereocenters. The van der Waals surface area contributed by atoms with Crippen LogP contribution >= 0.6 is 0 Å². The quantitative estimate of drug-likeness (QED) is 0.373. The summed E-state index contributed by atoms with van der Waals surface area (Å²) >= 11 is 0. The topological polar surface area (TPSA) is 125 Å². The number of nitrogens with zero attached hydrogens (tertiary/aromatic N) is 2. The van der Waals surface area contributed by atoms with E-state index >= 15 is 0 Å². The Balaban J connectivity index is 1.51. The van der Waals surface area contributed by atoms with Gasteiger partial charge in [0.1, 0.15) is 11.4 Å². The fourth-order valence-electron chi connectivity index (χ4n) is 4.39. The highest BCUT2D eigenvalue weighted by atomic mass is 32.2. The summed E-state index contributed by atoms with van der Waals surface area (Å²) in [7, 11) is -0.948. The maximum absolute atomic E-state index is 13.2. The first-order valence-corrected chi connectivity index (χ1v) is 13.5. The zero-order chi connectivity index (χ0) is 27.4. The van der Waals surface area contributed by atoms with E-state index in [4.69, 9.17) is 4.74 Å². The zero-order valence-corrected chi connectivity index (χ0v) is 21.8. The second kappa shape index (κ2) is 11.4. The van der Waals surface area contributed by atoms with E-state index in [2.05, 4.69) is 23.8 Å². The van der Waals surface area contributed by atoms with Crippen LogP contribution in [0.3, 0.4) is 0 Å². The molecule has 0 atom stereocenters. The smallest absolute Gasteiger partial charge is 0.271 e. The van der Waals surface area contributed by atoms with Crippen LogP contribution in [0.5, 0.6) is 5.75 Å². The molecule has 2 aromatic carbocycles. The number of ether oxygens (including phenoxy) is 1. The van der Waals surface area contributed by atoms with Gasteiger partial charge in [-0.25, -0.2) is 0 Å². The van der Waals surface area contributed by atoms with E-state index in [-0.39, 0.29) is 23.8 Å². The van der Waals surface area contributed by atoms with Gasteiger partial charge in [-0.05, 0) is 41.8 Å². The second-order valence-electron chi connectivity index (χ2n) is 8.65. The molecule has 0 aromatic heterocycles. The number of benzene rings is 2. The van der Waals surface area contributed by atoms with Crippen molar-refractivity contribution < 1.29 is 28.1 Å². The first-order valence-electron chi connectivity index (χ1n) is 12.0. The van der Waals surface area contributed by atoms with E-state index in [1.165, 1.54) is 9.80 Å². The molecule has 4 amide bonds. The van der Waals surface area contributed by atoms with Crippen LogP contribution in [0.25, 0.3) is 11.1 Å². The number of fused-ring (bicyclic) bond motifs is 1. The lowest BCUT2D eigenvalue weighted by atomic mass is 9.96. The number of carbonyl (C=O) groups excluding carboxylic acids is 4. The van der Waals surface area contributed by atoms with Gasteiger partial charge < -0.3 is 20.3 Å². The van der Waals surface area contributed by atoms with Crippen LogP contribution in [0.4, 0.5) is 5.69 Å². The minimum absolute atomic E-state index is 0.104. The van der Waals surface area contributed by atoms with Gasteiger partial charge in [-0.15, -0.1) is 0 Å². The van der Waals surface area contributed by atoms with E-state index in [0.717, 1.165) is 11.1 Å². The SMILES string of the molecule is C=C(NC(=O)C(=C)N1Cc2c(cccc2-c2ccc(NC=O)c(OCC)c2)C1=O)C(=O)N1CCS(=O)CC1. The van der Waals surface area contributed by atoms with Gasteiger partial charge >= 0.3 is 0 Å². The maximum atomic E-state index is 13.2. The third kappa shape index (κ3) is 5.37. The maximum Gasteiger partial charge on any atom is 0.271 e. The highest BCUT2D eigenvalue weighted by Crippen LogP contribution is 2.37. The van der Waals surface area contributed by atoms with Gasteiger partial charge in [0.05, 0.1) is 24.5 Å². The Labute approximate surface area is 222 Å². The number of hydrogen-bond donors (Lipinski definition) is 2. The third-order valence-corrected chi connectivity index (χ3v) is 7.63. The molecular formula is C27H28N4O6S. The fourth-order valence-corrected chi connectivity index (χ4v) is 5.44. The van der Waals surface area contributed by atoms with E-state index in [0.29, 0.717) is 60.2 Å². The van der Waals surface area contributed by atoms with Crippen molar-refractivity contribution in [1.82, 2.24) is 15.1 Å². The van der Waals surface area contributed by atoms with Crippen molar-refractivity contribution >= 4 is 40.6 Å². The van der Waals surface area contributed by atoms with Gasteiger partial charge in [-0.2, -0.15) is 0 Å². The van der Waals surface area contributed by atoms with Crippen LogP contribution in [0.15, 0.2) is 61.0 Å². The average molecular weight is 537 g/mol. The van der Waals surface area contributed by atoms with E-state index in [9.17, 15) is 23.4 Å². The predicted molar refractivity (Wildman–Crippen MR) is 143 cm³/mol. The molecule has 0 aliphatic carbocycles. The lowest BCUT2D eigenvalue weighted by molar-refractivity contribution is -0.129. The minimum atomic E-state index is -0.948. The van der Waals surface area contributed by atoms with Gasteiger partial charge in [0.15, 0.2) is 0 Å². The summed E-state index contributed by atoms with van der Waals surface area (Å²) in [6.07, 6.45) is 0.571. The first kappa shape index (κ1) is 26.8. The summed E-state index contributed by atoms with van der Waals surface area (Å²) in [6.45, 7) is 10.5. The molecule has 38 heavy (non-hydrogen) atoms. The highest BCUT2D eigenvalue weighted by molar-refractivity contribution is 7.85. The molecule has 10 nitrogen and oxygen atoms in total. The van der Waals surface area contributed by atoms with Crippen molar-refractivity contribution in [3.8, 4) is 16.9 Å². The van der Waals surface area contributed by atoms with Crippen LogP contribution < -0.4 is 15.4 Å². The number of hydrogen-bond acceptors (Lipinski definition) is 6. The minimum Gasteiger partial charge on any atom is -0.492 e. The largest absolute Gasteiger partial charge is 0.492 e. The Bertz CT molecular complexity index is 1360. The standard InChI is InChI=1S/C27H28N4O6S/c1-4-37-24-14-19(8-9-23(24)28-16-32)20-6-5-7-21-22(20)15-31(27(21)35)18(3)25(33)29-17(2)26(34)30-10-12-38(36)13-11-30/h5-9,14,16H,2-4,10-13,15H2,1H3,(H,28,32)(H,29,33). The molecule has 2 aromatic rings. The molecular weight excluding hydrogens is 508 g/mol. The van der Waals surface area contributed by atoms with Crippen molar-refractivity contribution in [1.29, 1.82) is 0 Å². The normalized spacial score (nSPS) is 15.0. The van der Waals surface area contributed by atoms with Crippen LogP contribution in [0, 0.1) is 0 Å². The van der Waals surface area contributed by atoms with Crippen LogP contribution in [-0.4, -0.2) is 69.3 Å². The van der Waals surface area contributed by atoms with Gasteiger partial charge in [0.2, 0.25) is 6.41 Å². The van der Waals surface area contributed by atoms with E-state index in [1.54, 1.807) is 24.3 Å².